The second-order valence-electron chi connectivity index (χ2n) is 8.37. The van der Waals surface area contributed by atoms with Crippen LogP contribution in [0.25, 0.3) is 5.76 Å². The molecule has 176 valence electrons. The van der Waals surface area contributed by atoms with Crippen LogP contribution in [-0.2, 0) is 9.59 Å². The molecule has 6 nitrogen and oxygen atoms in total. The molecular weight excluding hydrogens is 418 g/mol. The second-order valence-corrected chi connectivity index (χ2v) is 8.37. The van der Waals surface area contributed by atoms with E-state index in [1.165, 1.54) is 17.0 Å². The molecule has 2 aromatic carbocycles. The number of likely N-dealkylation sites (tertiary alicyclic amines) is 1. The molecule has 0 saturated carbocycles. The van der Waals surface area contributed by atoms with E-state index < -0.39 is 17.7 Å². The zero-order valence-electron chi connectivity index (χ0n) is 19.4. The molecule has 1 aliphatic heterocycles. The summed E-state index contributed by atoms with van der Waals surface area (Å²) in [6.45, 7) is 5.23. The number of aliphatic hydroxyl groups is 1. The number of nitrogens with zero attached hydrogens (tertiary/aromatic N) is 1. The van der Waals surface area contributed by atoms with Crippen LogP contribution in [0.3, 0.4) is 0 Å². The number of aromatic hydroxyl groups is 1. The van der Waals surface area contributed by atoms with Gasteiger partial charge in [0, 0.05) is 12.1 Å². The Morgan fingerprint density at radius 3 is 2.33 bits per heavy atom. The highest BCUT2D eigenvalue weighted by atomic mass is 16.5. The molecule has 0 radical (unpaired) electrons. The highest BCUT2D eigenvalue weighted by Crippen LogP contribution is 2.40. The number of carbonyl (C=O) groups is 2. The Bertz CT molecular complexity index is 996. The molecule has 33 heavy (non-hydrogen) atoms. The third-order valence-electron chi connectivity index (χ3n) is 5.87. The molecule has 6 heteroatoms. The van der Waals surface area contributed by atoms with E-state index in [1.807, 2.05) is 0 Å². The van der Waals surface area contributed by atoms with Gasteiger partial charge in [0.15, 0.2) is 0 Å². The number of ether oxygens (including phenoxy) is 1. The lowest BCUT2D eigenvalue weighted by Gasteiger charge is -2.25. The number of rotatable bonds is 11. The number of hydrogen-bond acceptors (Lipinski definition) is 5. The highest BCUT2D eigenvalue weighted by molar-refractivity contribution is 6.46. The van der Waals surface area contributed by atoms with Crippen molar-refractivity contribution in [3.05, 3.63) is 65.2 Å². The first-order chi connectivity index (χ1) is 16.0. The van der Waals surface area contributed by atoms with Gasteiger partial charge < -0.3 is 19.8 Å². The van der Waals surface area contributed by atoms with Crippen molar-refractivity contribution in [1.29, 1.82) is 0 Å². The fourth-order valence-electron chi connectivity index (χ4n) is 4.09. The van der Waals surface area contributed by atoms with Crippen molar-refractivity contribution in [3.8, 4) is 11.5 Å². The van der Waals surface area contributed by atoms with E-state index in [9.17, 15) is 19.8 Å². The monoisotopic (exact) mass is 451 g/mol. The van der Waals surface area contributed by atoms with Crippen LogP contribution in [0.1, 0.15) is 69.5 Å². The molecule has 3 rings (SSSR count). The number of unbranched alkanes of at least 4 members (excludes halogenated alkanes) is 4. The van der Waals surface area contributed by atoms with Crippen LogP contribution in [0.2, 0.25) is 0 Å². The predicted octanol–water partition coefficient (Wildman–Crippen LogP) is 5.57. The highest BCUT2D eigenvalue weighted by Gasteiger charge is 2.45. The maximum absolute atomic E-state index is 13.0. The van der Waals surface area contributed by atoms with Crippen LogP contribution in [-0.4, -0.2) is 40.0 Å². The fourth-order valence-corrected chi connectivity index (χ4v) is 4.09. The topological polar surface area (TPSA) is 87.1 Å². The summed E-state index contributed by atoms with van der Waals surface area (Å²) in [6, 6.07) is 12.6. The first kappa shape index (κ1) is 24.4. The average molecular weight is 452 g/mol. The number of phenols is 1. The van der Waals surface area contributed by atoms with Gasteiger partial charge in [-0.15, -0.1) is 0 Å². The summed E-state index contributed by atoms with van der Waals surface area (Å²) in [5.74, 6) is -0.838. The fraction of sp³-hybridized carbons (Fsp3) is 0.407. The van der Waals surface area contributed by atoms with Gasteiger partial charge in [0.1, 0.15) is 17.3 Å². The van der Waals surface area contributed by atoms with E-state index in [1.54, 1.807) is 36.4 Å². The van der Waals surface area contributed by atoms with Crippen LogP contribution in [0.5, 0.6) is 11.5 Å². The summed E-state index contributed by atoms with van der Waals surface area (Å²) in [5.41, 5.74) is 1.06. The Morgan fingerprint density at radius 2 is 1.67 bits per heavy atom. The number of Topliss-reactive ketones (excluding diaryl/α,β-unsaturated/α-hetero) is 1. The zero-order chi connectivity index (χ0) is 23.8. The van der Waals surface area contributed by atoms with E-state index in [2.05, 4.69) is 13.8 Å². The summed E-state index contributed by atoms with van der Waals surface area (Å²) in [5, 5.41) is 21.1. The third kappa shape index (κ3) is 5.75. The van der Waals surface area contributed by atoms with E-state index in [4.69, 9.17) is 4.74 Å². The van der Waals surface area contributed by atoms with Crippen molar-refractivity contribution in [3.63, 3.8) is 0 Å². The smallest absolute Gasteiger partial charge is 0.295 e. The molecule has 0 aliphatic carbocycles. The van der Waals surface area contributed by atoms with Gasteiger partial charge in [-0.3, -0.25) is 9.59 Å². The molecule has 1 amide bonds. The lowest BCUT2D eigenvalue weighted by Crippen LogP contribution is -2.30. The van der Waals surface area contributed by atoms with Crippen molar-refractivity contribution < 1.29 is 24.5 Å². The molecule has 2 N–H and O–H groups in total. The van der Waals surface area contributed by atoms with Gasteiger partial charge in [-0.25, -0.2) is 0 Å². The predicted molar refractivity (Wildman–Crippen MR) is 128 cm³/mol. The maximum Gasteiger partial charge on any atom is 0.295 e. The molecule has 0 aromatic heterocycles. The van der Waals surface area contributed by atoms with Crippen LogP contribution in [0.15, 0.2) is 54.1 Å². The summed E-state index contributed by atoms with van der Waals surface area (Å²) in [4.78, 5) is 27.4. The molecule has 1 atom stereocenters. The van der Waals surface area contributed by atoms with Crippen LogP contribution in [0.4, 0.5) is 0 Å². The van der Waals surface area contributed by atoms with E-state index >= 15 is 0 Å². The number of phenolic OH excluding ortho intramolecular Hbond substituents is 1. The van der Waals surface area contributed by atoms with Crippen LogP contribution >= 0.6 is 0 Å². The van der Waals surface area contributed by atoms with Gasteiger partial charge in [0.2, 0.25) is 0 Å². The minimum Gasteiger partial charge on any atom is -0.508 e. The number of carbonyl (C=O) groups excluding carboxylic acids is 2. The van der Waals surface area contributed by atoms with Crippen LogP contribution in [0, 0.1) is 0 Å². The van der Waals surface area contributed by atoms with Gasteiger partial charge in [-0.1, -0.05) is 51.7 Å². The van der Waals surface area contributed by atoms with Gasteiger partial charge in [0.25, 0.3) is 11.7 Å². The van der Waals surface area contributed by atoms with Crippen molar-refractivity contribution in [2.24, 2.45) is 0 Å². The number of hydrogen-bond donors (Lipinski definition) is 2. The van der Waals surface area contributed by atoms with Gasteiger partial charge >= 0.3 is 0 Å². The van der Waals surface area contributed by atoms with Gasteiger partial charge in [-0.2, -0.15) is 0 Å². The molecule has 1 fully saturated rings. The first-order valence-corrected chi connectivity index (χ1v) is 11.8. The summed E-state index contributed by atoms with van der Waals surface area (Å²) in [6.07, 6.45) is 5.86. The van der Waals surface area contributed by atoms with Crippen molar-refractivity contribution in [2.75, 3.05) is 13.2 Å². The Hall–Kier alpha value is -3.28. The standard InChI is InChI=1S/C27H33NO5/c1-3-5-7-16-28-24(20-10-9-11-21(29)18-20)23(26(31)27(28)32)25(30)19-12-14-22(15-13-19)33-17-8-6-4-2/h9-15,18,24,29-30H,3-8,16-17H2,1-2H3/b25-23-. The molecule has 0 spiro atoms. The number of aliphatic hydroxyl groups excluding tert-OH is 1. The summed E-state index contributed by atoms with van der Waals surface area (Å²) >= 11 is 0. The Balaban J connectivity index is 1.94. The SMILES string of the molecule is CCCCCOc1ccc(/C(O)=C2/C(=O)C(=O)N(CCCCC)C2c2cccc(O)c2)cc1. The molecule has 1 aliphatic rings. The Labute approximate surface area is 195 Å². The van der Waals surface area contributed by atoms with Crippen molar-refractivity contribution in [1.82, 2.24) is 4.90 Å². The van der Waals surface area contributed by atoms with E-state index in [0.29, 0.717) is 30.0 Å². The van der Waals surface area contributed by atoms with Crippen LogP contribution < -0.4 is 4.74 Å². The molecule has 0 bridgehead atoms. The maximum atomic E-state index is 13.0. The minimum atomic E-state index is -0.751. The zero-order valence-corrected chi connectivity index (χ0v) is 19.4. The van der Waals surface area contributed by atoms with E-state index in [-0.39, 0.29) is 17.1 Å². The summed E-state index contributed by atoms with van der Waals surface area (Å²) in [7, 11) is 0. The average Bonchev–Trinajstić information content (AvgIpc) is 3.07. The van der Waals surface area contributed by atoms with Crippen molar-refractivity contribution in [2.45, 2.75) is 58.4 Å². The lowest BCUT2D eigenvalue weighted by molar-refractivity contribution is -0.139. The summed E-state index contributed by atoms with van der Waals surface area (Å²) < 4.78 is 5.73. The Kier molecular flexibility index (Phi) is 8.52. The quantitative estimate of drug-likeness (QED) is 0.202. The number of amides is 1. The first-order valence-electron chi connectivity index (χ1n) is 11.8. The van der Waals surface area contributed by atoms with E-state index in [0.717, 1.165) is 38.5 Å². The molecular formula is C27H33NO5. The largest absolute Gasteiger partial charge is 0.508 e. The number of benzene rings is 2. The molecule has 2 aromatic rings. The second kappa shape index (κ2) is 11.5. The van der Waals surface area contributed by atoms with Gasteiger partial charge in [-0.05, 0) is 54.8 Å². The van der Waals surface area contributed by atoms with Crippen molar-refractivity contribution >= 4 is 17.4 Å². The lowest BCUT2D eigenvalue weighted by atomic mass is 9.95. The molecule has 1 heterocycles. The molecule has 1 unspecified atom stereocenters. The minimum absolute atomic E-state index is 0.0382. The Morgan fingerprint density at radius 1 is 0.970 bits per heavy atom. The third-order valence-corrected chi connectivity index (χ3v) is 5.87. The molecule has 1 saturated heterocycles. The number of ketones is 1. The normalized spacial score (nSPS) is 17.5. The van der Waals surface area contributed by atoms with Gasteiger partial charge in [0.05, 0.1) is 18.2 Å².